The average Bonchev–Trinajstić information content (AvgIpc) is 3.34. The monoisotopic (exact) mass is 591 g/mol. The van der Waals surface area contributed by atoms with Crippen molar-refractivity contribution >= 4 is 46.6 Å². The number of hydrogen-bond acceptors (Lipinski definition) is 3. The zero-order chi connectivity index (χ0) is 28.4. The molecular weight excluding hydrogens is 557 g/mol. The van der Waals surface area contributed by atoms with Gasteiger partial charge in [-0.25, -0.2) is 0 Å². The van der Waals surface area contributed by atoms with Gasteiger partial charge in [-0.3, -0.25) is 9.59 Å². The van der Waals surface area contributed by atoms with Crippen LogP contribution in [0.15, 0.2) is 60.8 Å². The molecule has 6 nitrogen and oxygen atoms in total. The minimum Gasteiger partial charge on any atom is -0.382 e. The van der Waals surface area contributed by atoms with E-state index in [1.165, 1.54) is 0 Å². The molecule has 0 saturated carbocycles. The molecule has 0 bridgehead atoms. The van der Waals surface area contributed by atoms with Crippen molar-refractivity contribution in [2.75, 3.05) is 32.8 Å². The summed E-state index contributed by atoms with van der Waals surface area (Å²) >= 11 is 18.6. The van der Waals surface area contributed by atoms with Gasteiger partial charge in [0.25, 0.3) is 5.91 Å². The fourth-order valence-corrected chi connectivity index (χ4v) is 4.77. The summed E-state index contributed by atoms with van der Waals surface area (Å²) in [5.41, 5.74) is 2.38. The van der Waals surface area contributed by atoms with E-state index >= 15 is 0 Å². The van der Waals surface area contributed by atoms with Gasteiger partial charge in [0.05, 0.1) is 16.6 Å². The molecular formula is C30H36Cl3N3O3. The van der Waals surface area contributed by atoms with Gasteiger partial charge in [-0.1, -0.05) is 66.8 Å². The van der Waals surface area contributed by atoms with Crippen LogP contribution in [0, 0.1) is 5.92 Å². The maximum atomic E-state index is 13.7. The Kier molecular flexibility index (Phi) is 12.2. The summed E-state index contributed by atoms with van der Waals surface area (Å²) in [4.78, 5) is 30.5. The predicted molar refractivity (Wildman–Crippen MR) is 159 cm³/mol. The van der Waals surface area contributed by atoms with E-state index < -0.39 is 0 Å². The number of amides is 2. The van der Waals surface area contributed by atoms with Crippen molar-refractivity contribution < 1.29 is 14.3 Å². The van der Waals surface area contributed by atoms with Gasteiger partial charge in [-0.15, -0.1) is 0 Å². The Balaban J connectivity index is 1.79. The minimum atomic E-state index is -0.273. The average molecular weight is 593 g/mol. The largest absolute Gasteiger partial charge is 0.382 e. The van der Waals surface area contributed by atoms with Crippen LogP contribution in [0.2, 0.25) is 15.1 Å². The van der Waals surface area contributed by atoms with Crippen molar-refractivity contribution in [3.63, 3.8) is 0 Å². The van der Waals surface area contributed by atoms with Gasteiger partial charge < -0.3 is 19.1 Å². The highest BCUT2D eigenvalue weighted by Gasteiger charge is 2.24. The summed E-state index contributed by atoms with van der Waals surface area (Å²) in [6, 6.07) is 16.5. The molecule has 39 heavy (non-hydrogen) atoms. The van der Waals surface area contributed by atoms with Crippen molar-refractivity contribution in [3.05, 3.63) is 92.7 Å². The fourth-order valence-electron chi connectivity index (χ4n) is 4.28. The second kappa shape index (κ2) is 15.3. The lowest BCUT2D eigenvalue weighted by molar-refractivity contribution is -0.133. The highest BCUT2D eigenvalue weighted by atomic mass is 35.5. The second-order valence-corrected chi connectivity index (χ2v) is 11.0. The lowest BCUT2D eigenvalue weighted by atomic mass is 10.1. The van der Waals surface area contributed by atoms with Gasteiger partial charge >= 0.3 is 0 Å². The Morgan fingerprint density at radius 3 is 2.41 bits per heavy atom. The van der Waals surface area contributed by atoms with E-state index in [0.717, 1.165) is 11.3 Å². The lowest BCUT2D eigenvalue weighted by Gasteiger charge is -2.29. The molecule has 9 heteroatoms. The van der Waals surface area contributed by atoms with E-state index in [9.17, 15) is 9.59 Å². The van der Waals surface area contributed by atoms with Crippen molar-refractivity contribution in [2.24, 2.45) is 5.92 Å². The second-order valence-electron chi connectivity index (χ2n) is 9.79. The third-order valence-corrected chi connectivity index (χ3v) is 7.32. The van der Waals surface area contributed by atoms with Crippen molar-refractivity contribution in [3.8, 4) is 0 Å². The van der Waals surface area contributed by atoms with E-state index in [1.54, 1.807) is 23.1 Å². The Morgan fingerprint density at radius 2 is 1.72 bits per heavy atom. The molecule has 2 amide bonds. The van der Waals surface area contributed by atoms with Crippen LogP contribution in [-0.4, -0.2) is 59.0 Å². The van der Waals surface area contributed by atoms with Crippen LogP contribution in [0.25, 0.3) is 0 Å². The number of carbonyl (C=O) groups excluding carboxylic acids is 2. The van der Waals surface area contributed by atoms with Gasteiger partial charge in [0.1, 0.15) is 6.54 Å². The van der Waals surface area contributed by atoms with Crippen LogP contribution in [0.3, 0.4) is 0 Å². The van der Waals surface area contributed by atoms with Crippen LogP contribution < -0.4 is 0 Å². The summed E-state index contributed by atoms with van der Waals surface area (Å²) in [7, 11) is 0. The molecule has 0 unspecified atom stereocenters. The summed E-state index contributed by atoms with van der Waals surface area (Å²) in [5.74, 6) is -0.151. The molecule has 1 aromatic heterocycles. The molecule has 0 atom stereocenters. The lowest BCUT2D eigenvalue weighted by Crippen LogP contribution is -2.44. The highest BCUT2D eigenvalue weighted by Crippen LogP contribution is 2.24. The molecule has 0 saturated heterocycles. The van der Waals surface area contributed by atoms with Gasteiger partial charge in [-0.05, 0) is 61.2 Å². The third kappa shape index (κ3) is 9.28. The topological polar surface area (TPSA) is 54.8 Å². The molecule has 3 rings (SSSR count). The quantitative estimate of drug-likeness (QED) is 0.189. The number of hydrogen-bond donors (Lipinski definition) is 0. The molecule has 1 heterocycles. The highest BCUT2D eigenvalue weighted by molar-refractivity contribution is 6.42. The van der Waals surface area contributed by atoms with Crippen LogP contribution >= 0.6 is 34.8 Å². The van der Waals surface area contributed by atoms with E-state index in [4.69, 9.17) is 39.5 Å². The van der Waals surface area contributed by atoms with Crippen LogP contribution in [-0.2, 0) is 22.6 Å². The van der Waals surface area contributed by atoms with E-state index in [0.29, 0.717) is 66.4 Å². The molecule has 0 aliphatic rings. The summed E-state index contributed by atoms with van der Waals surface area (Å²) in [5, 5.41) is 1.37. The Hall–Kier alpha value is -2.51. The first-order valence-corrected chi connectivity index (χ1v) is 14.3. The SMILES string of the molecule is CCOCCCN(CC(=O)N(Cc1cccn1Cc1ccccc1Cl)CC(C)C)C(=O)c1ccc(Cl)c(Cl)c1. The Morgan fingerprint density at radius 1 is 0.949 bits per heavy atom. The van der Waals surface area contributed by atoms with Crippen LogP contribution in [0.4, 0.5) is 0 Å². The molecule has 0 fully saturated rings. The van der Waals surface area contributed by atoms with E-state index in [2.05, 4.69) is 18.4 Å². The maximum absolute atomic E-state index is 13.7. The number of benzene rings is 2. The van der Waals surface area contributed by atoms with Crippen LogP contribution in [0.5, 0.6) is 0 Å². The Bertz CT molecular complexity index is 1240. The zero-order valence-corrected chi connectivity index (χ0v) is 25.0. The normalized spacial score (nSPS) is 11.2. The molecule has 0 radical (unpaired) electrons. The summed E-state index contributed by atoms with van der Waals surface area (Å²) in [6.45, 7) is 9.07. The standard InChI is InChI=1S/C30H36Cl3N3O3/c1-4-39-16-8-15-35(30(38)23-12-13-27(32)28(33)17-23)21-29(37)36(18-22(2)3)20-25-10-7-14-34(25)19-24-9-5-6-11-26(24)31/h5-7,9-14,17,22H,4,8,15-16,18-21H2,1-3H3. The molecule has 0 aliphatic carbocycles. The van der Waals surface area contributed by atoms with Crippen molar-refractivity contribution in [1.29, 1.82) is 0 Å². The Labute approximate surface area is 246 Å². The van der Waals surface area contributed by atoms with Gasteiger partial charge in [0, 0.05) is 55.3 Å². The molecule has 0 aliphatic heterocycles. The number of rotatable bonds is 14. The minimum absolute atomic E-state index is 0.0524. The smallest absolute Gasteiger partial charge is 0.254 e. The van der Waals surface area contributed by atoms with Crippen molar-refractivity contribution in [2.45, 2.75) is 40.3 Å². The molecule has 0 N–H and O–H groups in total. The number of ether oxygens (including phenoxy) is 1. The molecule has 2 aromatic carbocycles. The number of aromatic nitrogens is 1. The molecule has 210 valence electrons. The van der Waals surface area contributed by atoms with E-state index in [1.807, 2.05) is 54.4 Å². The maximum Gasteiger partial charge on any atom is 0.254 e. The molecule has 0 spiro atoms. The number of carbonyl (C=O) groups is 2. The summed E-state index contributed by atoms with van der Waals surface area (Å²) in [6.07, 6.45) is 2.60. The molecule has 3 aromatic rings. The van der Waals surface area contributed by atoms with Crippen LogP contribution in [0.1, 0.15) is 48.8 Å². The first-order chi connectivity index (χ1) is 18.7. The van der Waals surface area contributed by atoms with Gasteiger partial charge in [0.15, 0.2) is 0 Å². The first kappa shape index (κ1) is 31.0. The third-order valence-electron chi connectivity index (χ3n) is 6.21. The first-order valence-electron chi connectivity index (χ1n) is 13.2. The van der Waals surface area contributed by atoms with Crippen molar-refractivity contribution in [1.82, 2.24) is 14.4 Å². The fraction of sp³-hybridized carbons (Fsp3) is 0.400. The van der Waals surface area contributed by atoms with E-state index in [-0.39, 0.29) is 24.3 Å². The number of halogens is 3. The van der Waals surface area contributed by atoms with Gasteiger partial charge in [0.2, 0.25) is 5.91 Å². The van der Waals surface area contributed by atoms with Gasteiger partial charge in [-0.2, -0.15) is 0 Å². The zero-order valence-electron chi connectivity index (χ0n) is 22.7. The summed E-state index contributed by atoms with van der Waals surface area (Å²) < 4.78 is 7.57. The predicted octanol–water partition coefficient (Wildman–Crippen LogP) is 7.05. The number of nitrogens with zero attached hydrogens (tertiary/aromatic N) is 3.